The van der Waals surface area contributed by atoms with E-state index in [1.54, 1.807) is 0 Å². The highest BCUT2D eigenvalue weighted by molar-refractivity contribution is 6.00. The maximum atomic E-state index is 12.8. The van der Waals surface area contributed by atoms with Gasteiger partial charge in [0.1, 0.15) is 13.2 Å². The number of aromatic amines is 1. The summed E-state index contributed by atoms with van der Waals surface area (Å²) in [4.78, 5) is 12.8. The molecule has 3 N–H and O–H groups in total. The van der Waals surface area contributed by atoms with Crippen molar-refractivity contribution in [2.45, 2.75) is 6.04 Å². The summed E-state index contributed by atoms with van der Waals surface area (Å²) in [5.74, 6) is 0.994. The van der Waals surface area contributed by atoms with Crippen molar-refractivity contribution in [3.05, 3.63) is 65.9 Å². The molecule has 0 aliphatic carbocycles. The number of fused-ring (bicyclic) bond motifs is 1. The Balaban J connectivity index is 1.59. The smallest absolute Gasteiger partial charge is 0.255 e. The second kappa shape index (κ2) is 7.51. The molecule has 0 spiro atoms. The molecule has 0 bridgehead atoms. The maximum absolute atomic E-state index is 12.8. The zero-order valence-corrected chi connectivity index (χ0v) is 14.5. The van der Waals surface area contributed by atoms with Crippen LogP contribution >= 0.6 is 0 Å². The molecule has 27 heavy (non-hydrogen) atoms. The second-order valence-corrected chi connectivity index (χ2v) is 6.14. The molecule has 3 aromatic rings. The van der Waals surface area contributed by atoms with E-state index in [-0.39, 0.29) is 12.5 Å². The first kappa shape index (κ1) is 17.1. The Bertz CT molecular complexity index is 939. The number of hydrogen-bond acceptors (Lipinski definition) is 5. The number of hydrogen-bond donors (Lipinski definition) is 3. The highest BCUT2D eigenvalue weighted by Crippen LogP contribution is 2.34. The second-order valence-electron chi connectivity index (χ2n) is 6.14. The van der Waals surface area contributed by atoms with Crippen LogP contribution in [0.3, 0.4) is 0 Å². The lowest BCUT2D eigenvalue weighted by atomic mass is 10.0. The largest absolute Gasteiger partial charge is 0.486 e. The highest BCUT2D eigenvalue weighted by Gasteiger charge is 2.21. The van der Waals surface area contributed by atoms with E-state index < -0.39 is 6.04 Å². The fourth-order valence-electron chi connectivity index (χ4n) is 3.03. The first-order valence-corrected chi connectivity index (χ1v) is 8.66. The van der Waals surface area contributed by atoms with Gasteiger partial charge in [-0.25, -0.2) is 0 Å². The minimum absolute atomic E-state index is 0.201. The van der Waals surface area contributed by atoms with E-state index in [2.05, 4.69) is 15.5 Å². The van der Waals surface area contributed by atoms with E-state index in [0.29, 0.717) is 36.0 Å². The summed E-state index contributed by atoms with van der Waals surface area (Å²) in [5.41, 5.74) is 2.56. The molecule has 7 heteroatoms. The van der Waals surface area contributed by atoms with Gasteiger partial charge in [-0.3, -0.25) is 9.89 Å². The van der Waals surface area contributed by atoms with E-state index in [1.165, 1.54) is 6.20 Å². The average Bonchev–Trinajstić information content (AvgIpc) is 3.22. The minimum atomic E-state index is -0.498. The first-order chi connectivity index (χ1) is 13.3. The van der Waals surface area contributed by atoms with Gasteiger partial charge in [0.05, 0.1) is 30.1 Å². The first-order valence-electron chi connectivity index (χ1n) is 8.66. The van der Waals surface area contributed by atoms with E-state index in [9.17, 15) is 9.90 Å². The van der Waals surface area contributed by atoms with Crippen LogP contribution in [0, 0.1) is 0 Å². The molecule has 2 heterocycles. The fourth-order valence-corrected chi connectivity index (χ4v) is 3.03. The number of H-pyrrole nitrogens is 1. The number of nitrogens with one attached hydrogen (secondary N) is 2. The molecule has 0 saturated heterocycles. The molecule has 138 valence electrons. The molecular weight excluding hydrogens is 346 g/mol. The molecule has 2 aromatic carbocycles. The van der Waals surface area contributed by atoms with E-state index in [4.69, 9.17) is 9.47 Å². The molecule has 0 saturated carbocycles. The molecule has 4 rings (SSSR count). The summed E-state index contributed by atoms with van der Waals surface area (Å²) >= 11 is 0. The lowest BCUT2D eigenvalue weighted by molar-refractivity contribution is 0.0917. The summed E-state index contributed by atoms with van der Waals surface area (Å²) in [6.45, 7) is 0.807. The summed E-state index contributed by atoms with van der Waals surface area (Å²) in [6, 6.07) is 14.3. The van der Waals surface area contributed by atoms with Crippen molar-refractivity contribution >= 4 is 5.91 Å². The molecule has 0 radical (unpaired) electrons. The molecule has 1 atom stereocenters. The highest BCUT2D eigenvalue weighted by atomic mass is 16.6. The monoisotopic (exact) mass is 365 g/mol. The van der Waals surface area contributed by atoms with Crippen molar-refractivity contribution in [3.8, 4) is 22.8 Å². The van der Waals surface area contributed by atoms with Crippen molar-refractivity contribution in [2.24, 2.45) is 0 Å². The van der Waals surface area contributed by atoms with Crippen molar-refractivity contribution in [1.82, 2.24) is 15.5 Å². The summed E-state index contributed by atoms with van der Waals surface area (Å²) in [7, 11) is 0. The van der Waals surface area contributed by atoms with Crippen LogP contribution in [0.15, 0.2) is 54.7 Å². The van der Waals surface area contributed by atoms with Crippen LogP contribution < -0.4 is 14.8 Å². The third kappa shape index (κ3) is 3.50. The van der Waals surface area contributed by atoms with E-state index in [0.717, 1.165) is 11.1 Å². The van der Waals surface area contributed by atoms with Gasteiger partial charge in [0, 0.05) is 5.56 Å². The predicted molar refractivity (Wildman–Crippen MR) is 98.7 cm³/mol. The third-order valence-corrected chi connectivity index (χ3v) is 4.40. The van der Waals surface area contributed by atoms with Crippen LogP contribution in [0.5, 0.6) is 11.5 Å². The third-order valence-electron chi connectivity index (χ3n) is 4.40. The number of amides is 1. The Labute approximate surface area is 155 Å². The number of carbonyl (C=O) groups is 1. The number of aliphatic hydroxyl groups is 1. The van der Waals surface area contributed by atoms with Crippen LogP contribution in [0.4, 0.5) is 0 Å². The minimum Gasteiger partial charge on any atom is -0.486 e. The van der Waals surface area contributed by atoms with Crippen LogP contribution in [0.2, 0.25) is 0 Å². The van der Waals surface area contributed by atoms with Crippen LogP contribution in [0.25, 0.3) is 11.3 Å². The standard InChI is InChI=1S/C20H19N3O4/c24-12-16(13-4-2-1-3-5-13)22-20(25)15-11-21-23-19(15)14-6-7-17-18(10-14)27-9-8-26-17/h1-7,10-11,16,24H,8-9,12H2,(H,21,23)(H,22,25)/t16-/m1/s1. The van der Waals surface area contributed by atoms with Crippen LogP contribution in [-0.2, 0) is 0 Å². The zero-order chi connectivity index (χ0) is 18.6. The molecule has 0 unspecified atom stereocenters. The number of rotatable bonds is 5. The van der Waals surface area contributed by atoms with E-state index >= 15 is 0 Å². The molecule has 1 aliphatic heterocycles. The van der Waals surface area contributed by atoms with Crippen molar-refractivity contribution in [2.75, 3.05) is 19.8 Å². The number of benzene rings is 2. The number of ether oxygens (including phenoxy) is 2. The number of aliphatic hydroxyl groups excluding tert-OH is 1. The molecular formula is C20H19N3O4. The summed E-state index contributed by atoms with van der Waals surface area (Å²) in [6.07, 6.45) is 1.47. The molecule has 1 amide bonds. The molecule has 1 aliphatic rings. The van der Waals surface area contributed by atoms with Gasteiger partial charge < -0.3 is 19.9 Å². The van der Waals surface area contributed by atoms with Gasteiger partial charge in [0.25, 0.3) is 5.91 Å². The van der Waals surface area contributed by atoms with Gasteiger partial charge in [-0.15, -0.1) is 0 Å². The Morgan fingerprint density at radius 1 is 1.15 bits per heavy atom. The molecule has 0 fully saturated rings. The Morgan fingerprint density at radius 2 is 1.93 bits per heavy atom. The van der Waals surface area contributed by atoms with Gasteiger partial charge in [0.2, 0.25) is 0 Å². The summed E-state index contributed by atoms with van der Waals surface area (Å²) in [5, 5.41) is 19.4. The Kier molecular flexibility index (Phi) is 4.76. The Morgan fingerprint density at radius 3 is 2.70 bits per heavy atom. The molecule has 7 nitrogen and oxygen atoms in total. The van der Waals surface area contributed by atoms with Crippen molar-refractivity contribution in [3.63, 3.8) is 0 Å². The SMILES string of the molecule is O=C(N[C@H](CO)c1ccccc1)c1cn[nH]c1-c1ccc2c(c1)OCCO2. The quantitative estimate of drug-likeness (QED) is 0.645. The normalized spacial score (nSPS) is 13.8. The van der Waals surface area contributed by atoms with Crippen molar-refractivity contribution in [1.29, 1.82) is 0 Å². The molecule has 1 aromatic heterocycles. The topological polar surface area (TPSA) is 96.5 Å². The maximum Gasteiger partial charge on any atom is 0.255 e. The Hall–Kier alpha value is -3.32. The zero-order valence-electron chi connectivity index (χ0n) is 14.5. The van der Waals surface area contributed by atoms with E-state index in [1.807, 2.05) is 48.5 Å². The van der Waals surface area contributed by atoms with Gasteiger partial charge in [-0.05, 0) is 23.8 Å². The van der Waals surface area contributed by atoms with Gasteiger partial charge >= 0.3 is 0 Å². The average molecular weight is 365 g/mol. The van der Waals surface area contributed by atoms with Gasteiger partial charge in [-0.1, -0.05) is 30.3 Å². The van der Waals surface area contributed by atoms with Crippen LogP contribution in [0.1, 0.15) is 22.0 Å². The number of nitrogens with zero attached hydrogens (tertiary/aromatic N) is 1. The number of aromatic nitrogens is 2. The lowest BCUT2D eigenvalue weighted by Gasteiger charge is -2.19. The van der Waals surface area contributed by atoms with Gasteiger partial charge in [-0.2, -0.15) is 5.10 Å². The van der Waals surface area contributed by atoms with Gasteiger partial charge in [0.15, 0.2) is 11.5 Å². The lowest BCUT2D eigenvalue weighted by Crippen LogP contribution is -2.30. The van der Waals surface area contributed by atoms with Crippen LogP contribution in [-0.4, -0.2) is 41.0 Å². The van der Waals surface area contributed by atoms with Crippen molar-refractivity contribution < 1.29 is 19.4 Å². The predicted octanol–water partition coefficient (Wildman–Crippen LogP) is 2.31. The fraction of sp³-hybridized carbons (Fsp3) is 0.200. The summed E-state index contributed by atoms with van der Waals surface area (Å²) < 4.78 is 11.1. The number of carbonyl (C=O) groups excluding carboxylic acids is 1.